The molecule has 1 amide bonds. The highest BCUT2D eigenvalue weighted by atomic mass is 16.1. The van der Waals surface area contributed by atoms with Gasteiger partial charge in [-0.25, -0.2) is 9.97 Å². The lowest BCUT2D eigenvalue weighted by Crippen LogP contribution is -2.24. The van der Waals surface area contributed by atoms with Crippen molar-refractivity contribution in [3.05, 3.63) is 82.2 Å². The highest BCUT2D eigenvalue weighted by Gasteiger charge is 2.11. The predicted octanol–water partition coefficient (Wildman–Crippen LogP) is 4.38. The molecule has 5 heteroatoms. The van der Waals surface area contributed by atoms with E-state index in [2.05, 4.69) is 26.7 Å². The number of nitrogens with zero attached hydrogens (tertiary/aromatic N) is 2. The zero-order chi connectivity index (χ0) is 19.4. The fourth-order valence-electron chi connectivity index (χ4n) is 2.71. The molecular formula is C22H24N4O. The number of aromatic nitrogens is 2. The maximum atomic E-state index is 12.5. The monoisotopic (exact) mass is 360 g/mol. The van der Waals surface area contributed by atoms with Crippen molar-refractivity contribution in [3.63, 3.8) is 0 Å². The molecule has 0 aliphatic rings. The Hall–Kier alpha value is -3.21. The van der Waals surface area contributed by atoms with Crippen LogP contribution >= 0.6 is 0 Å². The van der Waals surface area contributed by atoms with Crippen LogP contribution in [0.15, 0.2) is 48.5 Å². The van der Waals surface area contributed by atoms with Gasteiger partial charge in [-0.2, -0.15) is 0 Å². The van der Waals surface area contributed by atoms with Crippen LogP contribution in [0.3, 0.4) is 0 Å². The van der Waals surface area contributed by atoms with Crippen LogP contribution in [-0.2, 0) is 6.54 Å². The molecule has 0 atom stereocenters. The molecule has 0 aliphatic carbocycles. The van der Waals surface area contributed by atoms with Crippen molar-refractivity contribution < 1.29 is 4.79 Å². The number of amides is 1. The van der Waals surface area contributed by atoms with Crippen molar-refractivity contribution >= 4 is 17.5 Å². The van der Waals surface area contributed by atoms with Crippen LogP contribution in [0.2, 0.25) is 0 Å². The largest absolute Gasteiger partial charge is 0.347 e. The van der Waals surface area contributed by atoms with Gasteiger partial charge in [-0.15, -0.1) is 0 Å². The zero-order valence-electron chi connectivity index (χ0n) is 16.1. The average Bonchev–Trinajstić information content (AvgIpc) is 2.63. The fraction of sp³-hybridized carbons (Fsp3) is 0.227. The number of hydrogen-bond acceptors (Lipinski definition) is 4. The number of benzene rings is 2. The van der Waals surface area contributed by atoms with Crippen molar-refractivity contribution in [2.75, 3.05) is 5.32 Å². The van der Waals surface area contributed by atoms with Gasteiger partial charge in [0, 0.05) is 17.9 Å². The van der Waals surface area contributed by atoms with E-state index in [1.807, 2.05) is 64.1 Å². The van der Waals surface area contributed by atoms with Crippen LogP contribution in [0.5, 0.6) is 0 Å². The molecule has 0 bridgehead atoms. The molecule has 0 radical (unpaired) electrons. The first-order valence-electron chi connectivity index (χ1n) is 8.94. The predicted molar refractivity (Wildman–Crippen MR) is 108 cm³/mol. The van der Waals surface area contributed by atoms with E-state index in [1.54, 1.807) is 6.07 Å². The molecule has 2 aromatic carbocycles. The van der Waals surface area contributed by atoms with Crippen LogP contribution in [0.25, 0.3) is 0 Å². The van der Waals surface area contributed by atoms with Gasteiger partial charge in [-0.1, -0.05) is 42.0 Å². The topological polar surface area (TPSA) is 66.9 Å². The molecule has 3 rings (SSSR count). The molecular weight excluding hydrogens is 336 g/mol. The summed E-state index contributed by atoms with van der Waals surface area (Å²) < 4.78 is 0. The molecule has 0 aliphatic heterocycles. The second-order valence-electron chi connectivity index (χ2n) is 6.83. The number of carbonyl (C=O) groups is 1. The van der Waals surface area contributed by atoms with Gasteiger partial charge in [0.15, 0.2) is 0 Å². The van der Waals surface area contributed by atoms with Crippen LogP contribution < -0.4 is 10.6 Å². The van der Waals surface area contributed by atoms with E-state index in [1.165, 1.54) is 5.56 Å². The minimum atomic E-state index is -0.218. The lowest BCUT2D eigenvalue weighted by molar-refractivity contribution is 0.0945. The second-order valence-corrected chi connectivity index (χ2v) is 6.83. The Morgan fingerprint density at radius 3 is 2.33 bits per heavy atom. The molecule has 5 nitrogen and oxygen atoms in total. The van der Waals surface area contributed by atoms with E-state index in [0.717, 1.165) is 28.1 Å². The number of hydrogen-bond donors (Lipinski definition) is 2. The normalized spacial score (nSPS) is 10.5. The molecule has 0 fully saturated rings. The van der Waals surface area contributed by atoms with Crippen molar-refractivity contribution in [2.45, 2.75) is 34.2 Å². The van der Waals surface area contributed by atoms with Gasteiger partial charge in [0.05, 0.1) is 0 Å². The molecule has 3 aromatic rings. The van der Waals surface area contributed by atoms with Gasteiger partial charge in [0.25, 0.3) is 5.91 Å². The molecule has 0 saturated heterocycles. The lowest BCUT2D eigenvalue weighted by atomic mass is 10.1. The molecule has 138 valence electrons. The minimum Gasteiger partial charge on any atom is -0.347 e. The maximum Gasteiger partial charge on any atom is 0.270 e. The number of aryl methyl sites for hydroxylation is 4. The number of rotatable bonds is 5. The number of carbonyl (C=O) groups excluding carboxylic acids is 1. The Morgan fingerprint density at radius 2 is 1.59 bits per heavy atom. The van der Waals surface area contributed by atoms with Crippen LogP contribution in [0, 0.1) is 27.7 Å². The third-order valence-electron chi connectivity index (χ3n) is 4.30. The van der Waals surface area contributed by atoms with Crippen molar-refractivity contribution in [1.29, 1.82) is 0 Å². The van der Waals surface area contributed by atoms with Gasteiger partial charge in [0.1, 0.15) is 5.69 Å². The van der Waals surface area contributed by atoms with Gasteiger partial charge >= 0.3 is 0 Å². The SMILES string of the molecule is Cc1ccc(CNC(=O)c2cc(C)nc(Nc3cc(C)ccc3C)n2)cc1. The molecule has 0 spiro atoms. The molecule has 2 N–H and O–H groups in total. The smallest absolute Gasteiger partial charge is 0.270 e. The highest BCUT2D eigenvalue weighted by Crippen LogP contribution is 2.20. The second kappa shape index (κ2) is 7.99. The summed E-state index contributed by atoms with van der Waals surface area (Å²) in [6, 6.07) is 15.9. The lowest BCUT2D eigenvalue weighted by Gasteiger charge is -2.11. The molecule has 0 saturated carbocycles. The third-order valence-corrected chi connectivity index (χ3v) is 4.30. The Bertz CT molecular complexity index is 965. The first-order chi connectivity index (χ1) is 12.9. The van der Waals surface area contributed by atoms with E-state index in [-0.39, 0.29) is 5.91 Å². The standard InChI is InChI=1S/C22H24N4O/c1-14-6-9-18(10-7-14)13-23-21(27)20-12-17(4)24-22(26-20)25-19-11-15(2)5-8-16(19)3/h5-12H,13H2,1-4H3,(H,23,27)(H,24,25,26). The van der Waals surface area contributed by atoms with Crippen molar-refractivity contribution in [3.8, 4) is 0 Å². The average molecular weight is 360 g/mol. The quantitative estimate of drug-likeness (QED) is 0.708. The summed E-state index contributed by atoms with van der Waals surface area (Å²) in [5.74, 6) is 0.203. The van der Waals surface area contributed by atoms with Crippen molar-refractivity contribution in [2.24, 2.45) is 0 Å². The summed E-state index contributed by atoms with van der Waals surface area (Å²) in [7, 11) is 0. The van der Waals surface area contributed by atoms with Gasteiger partial charge in [-0.05, 0) is 56.5 Å². The third kappa shape index (κ3) is 4.91. The van der Waals surface area contributed by atoms with Crippen LogP contribution in [-0.4, -0.2) is 15.9 Å². The van der Waals surface area contributed by atoms with E-state index in [0.29, 0.717) is 18.2 Å². The summed E-state index contributed by atoms with van der Waals surface area (Å²) in [4.78, 5) is 21.3. The zero-order valence-corrected chi connectivity index (χ0v) is 16.1. The van der Waals surface area contributed by atoms with Gasteiger partial charge < -0.3 is 10.6 Å². The number of nitrogens with one attached hydrogen (secondary N) is 2. The summed E-state index contributed by atoms with van der Waals surface area (Å²) in [5.41, 5.74) is 6.50. The van der Waals surface area contributed by atoms with Crippen LogP contribution in [0.1, 0.15) is 38.4 Å². The molecule has 1 aromatic heterocycles. The summed E-state index contributed by atoms with van der Waals surface area (Å²) in [6.45, 7) is 8.41. The van der Waals surface area contributed by atoms with E-state index >= 15 is 0 Å². The van der Waals surface area contributed by atoms with E-state index in [9.17, 15) is 4.79 Å². The summed E-state index contributed by atoms with van der Waals surface area (Å²) in [5, 5.41) is 6.14. The van der Waals surface area contributed by atoms with E-state index in [4.69, 9.17) is 0 Å². The van der Waals surface area contributed by atoms with Crippen LogP contribution in [0.4, 0.5) is 11.6 Å². The molecule has 0 unspecified atom stereocenters. The van der Waals surface area contributed by atoms with Crippen molar-refractivity contribution in [1.82, 2.24) is 15.3 Å². The minimum absolute atomic E-state index is 0.218. The highest BCUT2D eigenvalue weighted by molar-refractivity contribution is 5.92. The molecule has 1 heterocycles. The first kappa shape index (κ1) is 18.6. The number of anilines is 2. The fourth-order valence-corrected chi connectivity index (χ4v) is 2.71. The Morgan fingerprint density at radius 1 is 0.889 bits per heavy atom. The Labute approximate surface area is 159 Å². The Kier molecular flexibility index (Phi) is 5.50. The first-order valence-corrected chi connectivity index (χ1v) is 8.94. The Balaban J connectivity index is 1.75. The van der Waals surface area contributed by atoms with E-state index < -0.39 is 0 Å². The van der Waals surface area contributed by atoms with Gasteiger partial charge in [-0.3, -0.25) is 4.79 Å². The van der Waals surface area contributed by atoms with Gasteiger partial charge in [0.2, 0.25) is 5.95 Å². The molecule has 27 heavy (non-hydrogen) atoms. The maximum absolute atomic E-state index is 12.5. The summed E-state index contributed by atoms with van der Waals surface area (Å²) >= 11 is 0. The summed E-state index contributed by atoms with van der Waals surface area (Å²) in [6.07, 6.45) is 0.